The Morgan fingerprint density at radius 2 is 1.95 bits per heavy atom. The molecule has 0 fully saturated rings. The molecule has 0 spiro atoms. The predicted molar refractivity (Wildman–Crippen MR) is 72.1 cm³/mol. The minimum atomic E-state index is -0.372. The number of amides is 2. The van der Waals surface area contributed by atoms with Crippen molar-refractivity contribution in [2.24, 2.45) is 0 Å². The summed E-state index contributed by atoms with van der Waals surface area (Å²) in [5.74, 6) is -0.121. The Labute approximate surface area is 115 Å². The number of carbonyl (C=O) groups excluding carboxylic acids is 2. The van der Waals surface area contributed by atoms with Crippen molar-refractivity contribution in [3.63, 3.8) is 0 Å². The second-order valence-corrected chi connectivity index (χ2v) is 4.17. The molecule has 1 atom stereocenters. The molecular formula is C13H26N2O4. The lowest BCUT2D eigenvalue weighted by atomic mass is 10.1. The van der Waals surface area contributed by atoms with E-state index < -0.39 is 0 Å². The predicted octanol–water partition coefficient (Wildman–Crippen LogP) is 1.50. The molecule has 0 rings (SSSR count). The van der Waals surface area contributed by atoms with Crippen LogP contribution in [0, 0.1) is 0 Å². The van der Waals surface area contributed by atoms with Crippen molar-refractivity contribution in [2.75, 3.05) is 13.2 Å². The zero-order valence-corrected chi connectivity index (χ0v) is 11.9. The minimum absolute atomic E-state index is 0.121. The molecule has 112 valence electrons. The van der Waals surface area contributed by atoms with Crippen molar-refractivity contribution in [1.29, 1.82) is 0 Å². The molecule has 2 N–H and O–H groups in total. The fourth-order valence-corrected chi connectivity index (χ4v) is 1.53. The standard InChI is InChI=1S/C13H26N2O4/c1-3-13(18-4-2)19-15-12(17)9-7-5-6-8-10-14-11-16/h11,13H,3-10H2,1-2H3,(H,14,16)(H,15,17). The Bertz CT molecular complexity index is 237. The van der Waals surface area contributed by atoms with E-state index in [1.165, 1.54) is 0 Å². The number of hydroxylamine groups is 1. The Kier molecular flexibility index (Phi) is 12.5. The van der Waals surface area contributed by atoms with Gasteiger partial charge in [-0.2, -0.15) is 0 Å². The van der Waals surface area contributed by atoms with E-state index in [4.69, 9.17) is 9.57 Å². The molecule has 1 unspecified atom stereocenters. The van der Waals surface area contributed by atoms with Crippen LogP contribution in [0.25, 0.3) is 0 Å². The Morgan fingerprint density at radius 3 is 2.58 bits per heavy atom. The highest BCUT2D eigenvalue weighted by atomic mass is 16.8. The van der Waals surface area contributed by atoms with Crippen LogP contribution in [0.1, 0.15) is 52.4 Å². The van der Waals surface area contributed by atoms with Crippen LogP contribution in [0.4, 0.5) is 0 Å². The second-order valence-electron chi connectivity index (χ2n) is 4.17. The first-order valence-electron chi connectivity index (χ1n) is 6.97. The Balaban J connectivity index is 3.41. The van der Waals surface area contributed by atoms with E-state index in [0.29, 0.717) is 32.4 Å². The van der Waals surface area contributed by atoms with E-state index in [0.717, 1.165) is 25.7 Å². The lowest BCUT2D eigenvalue weighted by molar-refractivity contribution is -0.186. The smallest absolute Gasteiger partial charge is 0.243 e. The average molecular weight is 274 g/mol. The quantitative estimate of drug-likeness (QED) is 0.231. The van der Waals surface area contributed by atoms with Crippen LogP contribution in [-0.2, 0) is 19.2 Å². The molecule has 0 aliphatic rings. The number of carbonyl (C=O) groups is 2. The molecule has 0 aromatic carbocycles. The third kappa shape index (κ3) is 11.7. The zero-order valence-electron chi connectivity index (χ0n) is 11.9. The van der Waals surface area contributed by atoms with Crippen molar-refractivity contribution in [3.8, 4) is 0 Å². The van der Waals surface area contributed by atoms with Gasteiger partial charge >= 0.3 is 0 Å². The Hall–Kier alpha value is -1.14. The van der Waals surface area contributed by atoms with Crippen LogP contribution >= 0.6 is 0 Å². The van der Waals surface area contributed by atoms with E-state index in [2.05, 4.69) is 10.8 Å². The summed E-state index contributed by atoms with van der Waals surface area (Å²) >= 11 is 0. The Morgan fingerprint density at radius 1 is 1.21 bits per heavy atom. The van der Waals surface area contributed by atoms with Gasteiger partial charge in [0.15, 0.2) is 6.29 Å². The fourth-order valence-electron chi connectivity index (χ4n) is 1.53. The summed E-state index contributed by atoms with van der Waals surface area (Å²) in [7, 11) is 0. The largest absolute Gasteiger partial charge is 0.359 e. The molecule has 6 heteroatoms. The van der Waals surface area contributed by atoms with Gasteiger partial charge in [0.05, 0.1) is 0 Å². The van der Waals surface area contributed by atoms with Gasteiger partial charge in [-0.3, -0.25) is 9.59 Å². The van der Waals surface area contributed by atoms with Gasteiger partial charge < -0.3 is 10.1 Å². The molecular weight excluding hydrogens is 248 g/mol. The van der Waals surface area contributed by atoms with Gasteiger partial charge in [0.2, 0.25) is 12.3 Å². The second kappa shape index (κ2) is 13.3. The highest BCUT2D eigenvalue weighted by molar-refractivity contribution is 5.74. The summed E-state index contributed by atoms with van der Waals surface area (Å²) in [6.45, 7) is 5.07. The van der Waals surface area contributed by atoms with Gasteiger partial charge in [0, 0.05) is 19.6 Å². The summed E-state index contributed by atoms with van der Waals surface area (Å²) in [4.78, 5) is 26.6. The molecule has 0 aliphatic heterocycles. The molecule has 0 bridgehead atoms. The first kappa shape index (κ1) is 17.9. The first-order chi connectivity index (χ1) is 9.24. The average Bonchev–Trinajstić information content (AvgIpc) is 2.42. The number of unbranched alkanes of at least 4 members (excludes halogenated alkanes) is 3. The molecule has 2 amide bonds. The SMILES string of the molecule is CCOC(CC)ONC(=O)CCCCCCNC=O. The molecule has 0 saturated carbocycles. The van der Waals surface area contributed by atoms with Crippen LogP contribution < -0.4 is 10.8 Å². The molecule has 0 saturated heterocycles. The number of hydrogen-bond donors (Lipinski definition) is 2. The van der Waals surface area contributed by atoms with Crippen LogP contribution in [0.15, 0.2) is 0 Å². The van der Waals surface area contributed by atoms with Crippen molar-refractivity contribution in [1.82, 2.24) is 10.8 Å². The summed E-state index contributed by atoms with van der Waals surface area (Å²) in [6, 6.07) is 0. The van der Waals surface area contributed by atoms with Crippen LogP contribution in [-0.4, -0.2) is 31.8 Å². The third-order valence-corrected chi connectivity index (χ3v) is 2.55. The molecule has 0 radical (unpaired) electrons. The number of hydrogen-bond acceptors (Lipinski definition) is 4. The summed E-state index contributed by atoms with van der Waals surface area (Å²) in [6.07, 6.45) is 5.21. The van der Waals surface area contributed by atoms with E-state index in [1.807, 2.05) is 13.8 Å². The molecule has 19 heavy (non-hydrogen) atoms. The van der Waals surface area contributed by atoms with Gasteiger partial charge in [-0.05, 0) is 26.2 Å². The number of ether oxygens (including phenoxy) is 1. The van der Waals surface area contributed by atoms with Crippen molar-refractivity contribution in [2.45, 2.75) is 58.7 Å². The zero-order chi connectivity index (χ0) is 14.3. The molecule has 0 aliphatic carbocycles. The third-order valence-electron chi connectivity index (χ3n) is 2.55. The fraction of sp³-hybridized carbons (Fsp3) is 0.846. The van der Waals surface area contributed by atoms with Crippen molar-refractivity contribution < 1.29 is 19.2 Å². The van der Waals surface area contributed by atoms with Gasteiger partial charge in [0.1, 0.15) is 0 Å². The topological polar surface area (TPSA) is 76.7 Å². The van der Waals surface area contributed by atoms with E-state index in [9.17, 15) is 9.59 Å². The van der Waals surface area contributed by atoms with Crippen molar-refractivity contribution in [3.05, 3.63) is 0 Å². The maximum Gasteiger partial charge on any atom is 0.243 e. The normalized spacial score (nSPS) is 11.9. The first-order valence-corrected chi connectivity index (χ1v) is 6.97. The molecule has 0 aromatic rings. The van der Waals surface area contributed by atoms with Crippen LogP contribution in [0.3, 0.4) is 0 Å². The van der Waals surface area contributed by atoms with Crippen LogP contribution in [0.2, 0.25) is 0 Å². The minimum Gasteiger partial charge on any atom is -0.359 e. The van der Waals surface area contributed by atoms with E-state index in [-0.39, 0.29) is 12.2 Å². The number of nitrogens with one attached hydrogen (secondary N) is 2. The van der Waals surface area contributed by atoms with E-state index >= 15 is 0 Å². The van der Waals surface area contributed by atoms with Crippen LogP contribution in [0.5, 0.6) is 0 Å². The monoisotopic (exact) mass is 274 g/mol. The van der Waals surface area contributed by atoms with E-state index in [1.54, 1.807) is 0 Å². The number of rotatable bonds is 13. The maximum atomic E-state index is 11.5. The highest BCUT2D eigenvalue weighted by Crippen LogP contribution is 2.03. The van der Waals surface area contributed by atoms with Crippen molar-refractivity contribution >= 4 is 12.3 Å². The molecule has 0 aromatic heterocycles. The lowest BCUT2D eigenvalue weighted by Crippen LogP contribution is -2.30. The van der Waals surface area contributed by atoms with Gasteiger partial charge in [-0.25, -0.2) is 10.3 Å². The lowest BCUT2D eigenvalue weighted by Gasteiger charge is -2.15. The van der Waals surface area contributed by atoms with Gasteiger partial charge in [-0.1, -0.05) is 19.8 Å². The molecule has 6 nitrogen and oxygen atoms in total. The van der Waals surface area contributed by atoms with Gasteiger partial charge in [0.25, 0.3) is 0 Å². The summed E-state index contributed by atoms with van der Waals surface area (Å²) < 4.78 is 5.25. The van der Waals surface area contributed by atoms with Gasteiger partial charge in [-0.15, -0.1) is 0 Å². The highest BCUT2D eigenvalue weighted by Gasteiger charge is 2.08. The maximum absolute atomic E-state index is 11.5. The summed E-state index contributed by atoms with van der Waals surface area (Å²) in [5, 5.41) is 2.61. The molecule has 0 heterocycles. The summed E-state index contributed by atoms with van der Waals surface area (Å²) in [5.41, 5.74) is 2.41.